The van der Waals surface area contributed by atoms with Crippen LogP contribution in [0.15, 0.2) is 70.6 Å². The van der Waals surface area contributed by atoms with Gasteiger partial charge in [-0.25, -0.2) is 5.84 Å². The van der Waals surface area contributed by atoms with Crippen molar-refractivity contribution in [3.8, 4) is 11.5 Å². The Morgan fingerprint density at radius 2 is 1.89 bits per heavy atom. The van der Waals surface area contributed by atoms with Gasteiger partial charge >= 0.3 is 0 Å². The van der Waals surface area contributed by atoms with Crippen LogP contribution in [-0.4, -0.2) is 41.6 Å². The SMILES string of the molecule is CCCc1c(OCc2ccc(C(O)c3cccc(C(=NCC=NC)NN)c3)cc2)ccc(C(C)=O)c1O. The number of carbonyl (C=O) groups excluding carboxylic acids is 1. The normalized spacial score (nSPS) is 12.5. The molecule has 0 aliphatic heterocycles. The fraction of sp³-hybridized carbons (Fsp3) is 0.276. The summed E-state index contributed by atoms with van der Waals surface area (Å²) >= 11 is 0. The minimum absolute atomic E-state index is 0.0101. The molecule has 194 valence electrons. The number of Topliss-reactive ketones (excluding diaryl/α,β-unsaturated/α-hetero) is 1. The highest BCUT2D eigenvalue weighted by Gasteiger charge is 2.16. The lowest BCUT2D eigenvalue weighted by molar-refractivity contribution is 0.101. The van der Waals surface area contributed by atoms with E-state index in [1.54, 1.807) is 25.4 Å². The first-order valence-electron chi connectivity index (χ1n) is 12.2. The van der Waals surface area contributed by atoms with Crippen molar-refractivity contribution in [1.82, 2.24) is 5.43 Å². The zero-order chi connectivity index (χ0) is 26.8. The van der Waals surface area contributed by atoms with Gasteiger partial charge in [0.15, 0.2) is 5.78 Å². The minimum atomic E-state index is -0.835. The van der Waals surface area contributed by atoms with Crippen molar-refractivity contribution in [2.24, 2.45) is 15.8 Å². The summed E-state index contributed by atoms with van der Waals surface area (Å²) in [6, 6.07) is 18.2. The fourth-order valence-corrected chi connectivity index (χ4v) is 3.97. The second-order valence-corrected chi connectivity index (χ2v) is 8.58. The van der Waals surface area contributed by atoms with E-state index in [1.807, 2.05) is 55.5 Å². The van der Waals surface area contributed by atoms with Gasteiger partial charge in [0.1, 0.15) is 30.0 Å². The molecule has 37 heavy (non-hydrogen) atoms. The third-order valence-corrected chi connectivity index (χ3v) is 5.94. The number of nitrogens with one attached hydrogen (secondary N) is 1. The van der Waals surface area contributed by atoms with Gasteiger partial charge in [-0.2, -0.15) is 0 Å². The Morgan fingerprint density at radius 3 is 2.54 bits per heavy atom. The Labute approximate surface area is 217 Å². The van der Waals surface area contributed by atoms with E-state index in [4.69, 9.17) is 10.6 Å². The molecule has 0 spiro atoms. The molecule has 0 amide bonds. The summed E-state index contributed by atoms with van der Waals surface area (Å²) < 4.78 is 6.00. The predicted octanol–water partition coefficient (Wildman–Crippen LogP) is 4.12. The molecule has 3 aromatic rings. The number of benzene rings is 3. The number of phenols is 1. The van der Waals surface area contributed by atoms with Crippen molar-refractivity contribution >= 4 is 17.8 Å². The largest absolute Gasteiger partial charge is 0.507 e. The van der Waals surface area contributed by atoms with Gasteiger partial charge in [0.2, 0.25) is 0 Å². The van der Waals surface area contributed by atoms with Gasteiger partial charge in [-0.15, -0.1) is 0 Å². The van der Waals surface area contributed by atoms with Crippen LogP contribution in [0.4, 0.5) is 0 Å². The third-order valence-electron chi connectivity index (χ3n) is 5.94. The summed E-state index contributed by atoms with van der Waals surface area (Å²) in [5.41, 5.74) is 6.64. The van der Waals surface area contributed by atoms with Crippen molar-refractivity contribution in [2.45, 2.75) is 39.4 Å². The van der Waals surface area contributed by atoms with Crippen molar-refractivity contribution in [1.29, 1.82) is 0 Å². The van der Waals surface area contributed by atoms with Gasteiger partial charge in [-0.3, -0.25) is 14.8 Å². The maximum absolute atomic E-state index is 11.8. The van der Waals surface area contributed by atoms with Crippen molar-refractivity contribution in [3.05, 3.63) is 94.0 Å². The van der Waals surface area contributed by atoms with Crippen LogP contribution in [-0.2, 0) is 13.0 Å². The molecule has 0 saturated carbocycles. The zero-order valence-corrected chi connectivity index (χ0v) is 21.4. The molecule has 8 heteroatoms. The number of phenolic OH excluding ortho intramolecular Hbond substituents is 1. The maximum Gasteiger partial charge on any atom is 0.163 e. The molecule has 0 radical (unpaired) electrons. The second-order valence-electron chi connectivity index (χ2n) is 8.58. The number of ether oxygens (including phenoxy) is 1. The summed E-state index contributed by atoms with van der Waals surface area (Å²) in [4.78, 5) is 20.1. The van der Waals surface area contributed by atoms with Crippen molar-refractivity contribution < 1.29 is 19.7 Å². The zero-order valence-electron chi connectivity index (χ0n) is 21.4. The number of nitrogens with zero attached hydrogens (tertiary/aromatic N) is 2. The average molecular weight is 503 g/mol. The van der Waals surface area contributed by atoms with Gasteiger partial charge < -0.3 is 20.4 Å². The Hall–Kier alpha value is -4.01. The highest BCUT2D eigenvalue weighted by Crippen LogP contribution is 2.33. The quantitative estimate of drug-likeness (QED) is 0.103. The third kappa shape index (κ3) is 7.03. The van der Waals surface area contributed by atoms with E-state index in [2.05, 4.69) is 15.4 Å². The number of aliphatic imine (C=N–C) groups is 2. The monoisotopic (exact) mass is 502 g/mol. The number of nitrogens with two attached hydrogens (primary N) is 1. The molecule has 1 unspecified atom stereocenters. The first-order chi connectivity index (χ1) is 17.9. The smallest absolute Gasteiger partial charge is 0.163 e. The molecule has 0 fully saturated rings. The van der Waals surface area contributed by atoms with Crippen molar-refractivity contribution in [3.63, 3.8) is 0 Å². The summed E-state index contributed by atoms with van der Waals surface area (Å²) in [6.07, 6.45) is 2.25. The molecule has 0 bridgehead atoms. The van der Waals surface area contributed by atoms with E-state index >= 15 is 0 Å². The number of carbonyl (C=O) groups is 1. The maximum atomic E-state index is 11.8. The highest BCUT2D eigenvalue weighted by molar-refractivity contribution is 5.99. The van der Waals surface area contributed by atoms with E-state index in [1.165, 1.54) is 6.92 Å². The Morgan fingerprint density at radius 1 is 1.14 bits per heavy atom. The van der Waals surface area contributed by atoms with Gasteiger partial charge in [0.25, 0.3) is 0 Å². The molecule has 0 aromatic heterocycles. The molecule has 0 aliphatic rings. The lowest BCUT2D eigenvalue weighted by Gasteiger charge is -2.16. The number of ketones is 1. The average Bonchev–Trinajstić information content (AvgIpc) is 2.91. The second kappa shape index (κ2) is 13.3. The van der Waals surface area contributed by atoms with Gasteiger partial charge in [-0.05, 0) is 48.2 Å². The molecule has 0 aliphatic carbocycles. The molecule has 3 aromatic carbocycles. The predicted molar refractivity (Wildman–Crippen MR) is 147 cm³/mol. The van der Waals surface area contributed by atoms with E-state index < -0.39 is 6.10 Å². The topological polar surface area (TPSA) is 130 Å². The molecule has 3 rings (SSSR count). The Balaban J connectivity index is 1.73. The van der Waals surface area contributed by atoms with Crippen LogP contribution in [0, 0.1) is 0 Å². The van der Waals surface area contributed by atoms with Crippen LogP contribution in [0.25, 0.3) is 0 Å². The van der Waals surface area contributed by atoms with Gasteiger partial charge in [0.05, 0.1) is 12.1 Å². The van der Waals surface area contributed by atoms with Gasteiger partial charge in [-0.1, -0.05) is 55.8 Å². The molecule has 0 saturated heterocycles. The van der Waals surface area contributed by atoms with Crippen LogP contribution >= 0.6 is 0 Å². The lowest BCUT2D eigenvalue weighted by Crippen LogP contribution is -2.31. The number of hydrazine groups is 1. The van der Waals surface area contributed by atoms with Gasteiger partial charge in [0, 0.05) is 24.4 Å². The molecule has 0 heterocycles. The van der Waals surface area contributed by atoms with E-state index in [0.29, 0.717) is 41.2 Å². The summed E-state index contributed by atoms with van der Waals surface area (Å²) in [6.45, 7) is 4.12. The van der Waals surface area contributed by atoms with Crippen LogP contribution in [0.2, 0.25) is 0 Å². The first-order valence-corrected chi connectivity index (χ1v) is 12.2. The van der Waals surface area contributed by atoms with Crippen LogP contribution in [0.3, 0.4) is 0 Å². The first kappa shape index (κ1) is 27.6. The number of aliphatic hydroxyl groups is 1. The number of aliphatic hydroxyl groups excluding tert-OH is 1. The molecule has 8 nitrogen and oxygen atoms in total. The standard InChI is InChI=1S/C29H34N4O4/c1-4-6-25-26(14-13-24(19(2)34)28(25)36)37-18-20-9-11-21(12-10-20)27(35)22-7-5-8-23(17-22)29(33-30)32-16-15-31-3/h5,7-15,17,27,35-36H,4,6,16,18,30H2,1-3H3,(H,32,33). The number of aromatic hydroxyl groups is 1. The van der Waals surface area contributed by atoms with Crippen molar-refractivity contribution in [2.75, 3.05) is 13.6 Å². The Kier molecular flexibility index (Phi) is 9.94. The molecule has 1 atom stereocenters. The number of amidine groups is 1. The number of rotatable bonds is 11. The fourth-order valence-electron chi connectivity index (χ4n) is 3.97. The van der Waals surface area contributed by atoms with Crippen LogP contribution < -0.4 is 16.0 Å². The summed E-state index contributed by atoms with van der Waals surface area (Å²) in [5, 5.41) is 21.5. The molecular formula is C29H34N4O4. The van der Waals surface area contributed by atoms with Crippen LogP contribution in [0.1, 0.15) is 64.5 Å². The summed E-state index contributed by atoms with van der Waals surface area (Å²) in [5.74, 6) is 6.51. The van der Waals surface area contributed by atoms with E-state index in [-0.39, 0.29) is 18.1 Å². The lowest BCUT2D eigenvalue weighted by atomic mass is 9.98. The van der Waals surface area contributed by atoms with E-state index in [0.717, 1.165) is 23.1 Å². The number of hydrogen-bond acceptors (Lipinski definition) is 7. The molecular weight excluding hydrogens is 468 g/mol. The summed E-state index contributed by atoms with van der Waals surface area (Å²) in [7, 11) is 1.68. The minimum Gasteiger partial charge on any atom is -0.507 e. The highest BCUT2D eigenvalue weighted by atomic mass is 16.5. The Bertz CT molecular complexity index is 1270. The van der Waals surface area contributed by atoms with E-state index in [9.17, 15) is 15.0 Å². The molecule has 5 N–H and O–H groups in total. The number of hydrogen-bond donors (Lipinski definition) is 4. The van der Waals surface area contributed by atoms with Crippen LogP contribution in [0.5, 0.6) is 11.5 Å².